The summed E-state index contributed by atoms with van der Waals surface area (Å²) in [7, 11) is 0. The molecule has 2 heterocycles. The SMILES string of the molecule is CCc1nnc(-n2ncc3ccccc32)nc1NCc1ccccc1. The van der Waals surface area contributed by atoms with Crippen molar-refractivity contribution in [2.24, 2.45) is 0 Å². The highest BCUT2D eigenvalue weighted by Gasteiger charge is 2.12. The van der Waals surface area contributed by atoms with Crippen LogP contribution in [0.25, 0.3) is 16.9 Å². The van der Waals surface area contributed by atoms with Crippen molar-refractivity contribution in [3.63, 3.8) is 0 Å². The number of benzene rings is 2. The zero-order valence-corrected chi connectivity index (χ0v) is 13.9. The lowest BCUT2D eigenvalue weighted by Crippen LogP contribution is -2.12. The summed E-state index contributed by atoms with van der Waals surface area (Å²) < 4.78 is 1.72. The number of anilines is 1. The molecular weight excluding hydrogens is 312 g/mol. The number of rotatable bonds is 5. The standard InChI is InChI=1S/C19H18N6/c1-2-16-18(20-12-14-8-4-3-5-9-14)22-19(24-23-16)25-17-11-7-6-10-15(17)13-21-25/h3-11,13H,2,12H2,1H3,(H,20,22,24). The fourth-order valence-corrected chi connectivity index (χ4v) is 2.72. The molecule has 2 aromatic heterocycles. The van der Waals surface area contributed by atoms with E-state index in [1.807, 2.05) is 55.6 Å². The van der Waals surface area contributed by atoms with Crippen LogP contribution < -0.4 is 5.32 Å². The van der Waals surface area contributed by atoms with Crippen molar-refractivity contribution in [1.82, 2.24) is 25.0 Å². The first kappa shape index (κ1) is 15.3. The van der Waals surface area contributed by atoms with E-state index in [0.29, 0.717) is 12.5 Å². The van der Waals surface area contributed by atoms with Gasteiger partial charge >= 0.3 is 0 Å². The Hall–Kier alpha value is -3.28. The second-order valence-corrected chi connectivity index (χ2v) is 5.71. The Bertz CT molecular complexity index is 993. The van der Waals surface area contributed by atoms with Crippen LogP contribution in [-0.2, 0) is 13.0 Å². The van der Waals surface area contributed by atoms with Crippen LogP contribution in [0.15, 0.2) is 60.8 Å². The van der Waals surface area contributed by atoms with Gasteiger partial charge in [-0.2, -0.15) is 14.8 Å². The Labute approximate surface area is 145 Å². The van der Waals surface area contributed by atoms with Gasteiger partial charge in [0.25, 0.3) is 5.95 Å². The molecule has 4 rings (SSSR count). The summed E-state index contributed by atoms with van der Waals surface area (Å²) in [5, 5.41) is 17.4. The largest absolute Gasteiger partial charge is 0.364 e. The lowest BCUT2D eigenvalue weighted by atomic mass is 10.2. The Morgan fingerprint density at radius 1 is 0.960 bits per heavy atom. The average Bonchev–Trinajstić information content (AvgIpc) is 3.11. The summed E-state index contributed by atoms with van der Waals surface area (Å²) in [6.45, 7) is 2.73. The number of para-hydroxylation sites is 1. The van der Waals surface area contributed by atoms with Crippen LogP contribution >= 0.6 is 0 Å². The molecule has 0 saturated carbocycles. The zero-order chi connectivity index (χ0) is 17.1. The molecule has 0 unspecified atom stereocenters. The minimum absolute atomic E-state index is 0.467. The second kappa shape index (κ2) is 6.68. The van der Waals surface area contributed by atoms with Crippen LogP contribution in [0.4, 0.5) is 5.82 Å². The van der Waals surface area contributed by atoms with Crippen molar-refractivity contribution in [2.75, 3.05) is 5.32 Å². The van der Waals surface area contributed by atoms with Gasteiger partial charge in [0.05, 0.1) is 11.7 Å². The average molecular weight is 330 g/mol. The first-order valence-corrected chi connectivity index (χ1v) is 8.29. The maximum atomic E-state index is 4.67. The van der Waals surface area contributed by atoms with Gasteiger partial charge < -0.3 is 5.32 Å². The third-order valence-corrected chi connectivity index (χ3v) is 4.05. The zero-order valence-electron chi connectivity index (χ0n) is 13.9. The molecule has 4 aromatic rings. The van der Waals surface area contributed by atoms with Crippen molar-refractivity contribution in [3.05, 3.63) is 72.1 Å². The molecule has 0 aliphatic rings. The van der Waals surface area contributed by atoms with Crippen molar-refractivity contribution >= 4 is 16.7 Å². The molecule has 0 bridgehead atoms. The van der Waals surface area contributed by atoms with Gasteiger partial charge in [-0.25, -0.2) is 0 Å². The molecule has 0 saturated heterocycles. The van der Waals surface area contributed by atoms with Gasteiger partial charge in [0.2, 0.25) is 0 Å². The van der Waals surface area contributed by atoms with Gasteiger partial charge in [0.1, 0.15) is 5.69 Å². The molecule has 124 valence electrons. The predicted octanol–water partition coefficient (Wildman–Crippen LogP) is 3.39. The van der Waals surface area contributed by atoms with Crippen molar-refractivity contribution < 1.29 is 0 Å². The molecule has 0 spiro atoms. The van der Waals surface area contributed by atoms with Gasteiger partial charge in [0.15, 0.2) is 5.82 Å². The van der Waals surface area contributed by atoms with Crippen LogP contribution in [0.3, 0.4) is 0 Å². The van der Waals surface area contributed by atoms with E-state index >= 15 is 0 Å². The first-order valence-electron chi connectivity index (χ1n) is 8.29. The molecule has 6 heteroatoms. The fraction of sp³-hybridized carbons (Fsp3) is 0.158. The number of hydrogen-bond acceptors (Lipinski definition) is 5. The Balaban J connectivity index is 1.68. The molecule has 0 atom stereocenters. The van der Waals surface area contributed by atoms with E-state index < -0.39 is 0 Å². The summed E-state index contributed by atoms with van der Waals surface area (Å²) >= 11 is 0. The van der Waals surface area contributed by atoms with Crippen molar-refractivity contribution in [3.8, 4) is 5.95 Å². The quantitative estimate of drug-likeness (QED) is 0.607. The summed E-state index contributed by atoms with van der Waals surface area (Å²) in [6, 6.07) is 18.2. The number of aryl methyl sites for hydroxylation is 1. The van der Waals surface area contributed by atoms with E-state index in [1.165, 1.54) is 5.56 Å². The van der Waals surface area contributed by atoms with Crippen molar-refractivity contribution in [1.29, 1.82) is 0 Å². The monoisotopic (exact) mass is 330 g/mol. The Kier molecular flexibility index (Phi) is 4.08. The summed E-state index contributed by atoms with van der Waals surface area (Å²) in [4.78, 5) is 4.67. The lowest BCUT2D eigenvalue weighted by Gasteiger charge is -2.10. The highest BCUT2D eigenvalue weighted by Crippen LogP contribution is 2.18. The van der Waals surface area contributed by atoms with E-state index in [2.05, 4.69) is 37.7 Å². The lowest BCUT2D eigenvalue weighted by molar-refractivity contribution is 0.769. The van der Waals surface area contributed by atoms with Gasteiger partial charge in [-0.15, -0.1) is 10.2 Å². The normalized spacial score (nSPS) is 10.9. The Morgan fingerprint density at radius 2 is 1.76 bits per heavy atom. The molecule has 0 aliphatic heterocycles. The van der Waals surface area contributed by atoms with Crippen LogP contribution in [0.2, 0.25) is 0 Å². The summed E-state index contributed by atoms with van der Waals surface area (Å²) in [6.07, 6.45) is 2.57. The van der Waals surface area contributed by atoms with E-state index in [0.717, 1.165) is 28.8 Å². The molecule has 0 radical (unpaired) electrons. The van der Waals surface area contributed by atoms with Gasteiger partial charge in [-0.3, -0.25) is 0 Å². The van der Waals surface area contributed by atoms with Gasteiger partial charge in [0, 0.05) is 11.9 Å². The number of nitrogens with one attached hydrogen (secondary N) is 1. The highest BCUT2D eigenvalue weighted by atomic mass is 15.4. The Morgan fingerprint density at radius 3 is 2.60 bits per heavy atom. The molecule has 0 fully saturated rings. The molecule has 6 nitrogen and oxygen atoms in total. The summed E-state index contributed by atoms with van der Waals surface area (Å²) in [5.74, 6) is 1.21. The second-order valence-electron chi connectivity index (χ2n) is 5.71. The smallest absolute Gasteiger partial charge is 0.272 e. The van der Waals surface area contributed by atoms with Gasteiger partial charge in [-0.1, -0.05) is 55.5 Å². The predicted molar refractivity (Wildman–Crippen MR) is 97.6 cm³/mol. The molecule has 25 heavy (non-hydrogen) atoms. The minimum atomic E-state index is 0.467. The first-order chi connectivity index (χ1) is 12.3. The van der Waals surface area contributed by atoms with E-state index in [4.69, 9.17) is 0 Å². The van der Waals surface area contributed by atoms with Crippen LogP contribution in [0.5, 0.6) is 0 Å². The van der Waals surface area contributed by atoms with Crippen molar-refractivity contribution in [2.45, 2.75) is 19.9 Å². The third kappa shape index (κ3) is 3.06. The van der Waals surface area contributed by atoms with E-state index in [-0.39, 0.29) is 0 Å². The molecule has 2 aromatic carbocycles. The van der Waals surface area contributed by atoms with Crippen LogP contribution in [0.1, 0.15) is 18.2 Å². The molecule has 0 amide bonds. The number of nitrogens with zero attached hydrogens (tertiary/aromatic N) is 5. The van der Waals surface area contributed by atoms with Crippen LogP contribution in [0, 0.1) is 0 Å². The number of aromatic nitrogens is 5. The van der Waals surface area contributed by atoms with E-state index in [9.17, 15) is 0 Å². The topological polar surface area (TPSA) is 68.5 Å². The highest BCUT2D eigenvalue weighted by molar-refractivity contribution is 5.79. The van der Waals surface area contributed by atoms with E-state index in [1.54, 1.807) is 4.68 Å². The minimum Gasteiger partial charge on any atom is -0.364 e. The third-order valence-electron chi connectivity index (χ3n) is 4.05. The maximum Gasteiger partial charge on any atom is 0.272 e. The summed E-state index contributed by atoms with van der Waals surface area (Å²) in [5.41, 5.74) is 2.99. The molecular formula is C19H18N6. The molecule has 0 aliphatic carbocycles. The number of hydrogen-bond donors (Lipinski definition) is 1. The van der Waals surface area contributed by atoms with Crippen LogP contribution in [-0.4, -0.2) is 25.0 Å². The van der Waals surface area contributed by atoms with Gasteiger partial charge in [-0.05, 0) is 18.1 Å². The fourth-order valence-electron chi connectivity index (χ4n) is 2.72. The maximum absolute atomic E-state index is 4.67. The number of fused-ring (bicyclic) bond motifs is 1. The molecule has 1 N–H and O–H groups in total.